The van der Waals surface area contributed by atoms with E-state index in [1.165, 1.54) is 4.90 Å². The Hall–Kier alpha value is -5.01. The lowest BCUT2D eigenvalue weighted by Gasteiger charge is -2.26. The smallest absolute Gasteiger partial charge is 0.257 e. The van der Waals surface area contributed by atoms with Crippen molar-refractivity contribution in [3.63, 3.8) is 0 Å². The van der Waals surface area contributed by atoms with Crippen molar-refractivity contribution in [3.05, 3.63) is 82.3 Å². The molecule has 5 rings (SSSR count). The van der Waals surface area contributed by atoms with Crippen LogP contribution in [0.25, 0.3) is 0 Å². The third-order valence-electron chi connectivity index (χ3n) is 8.19. The van der Waals surface area contributed by atoms with Gasteiger partial charge in [0.15, 0.2) is 5.76 Å². The summed E-state index contributed by atoms with van der Waals surface area (Å²) in [5.74, 6) is -0.402. The summed E-state index contributed by atoms with van der Waals surface area (Å²) < 4.78 is 17.6. The summed E-state index contributed by atoms with van der Waals surface area (Å²) in [6, 6.07) is 13.0. The van der Waals surface area contributed by atoms with E-state index in [2.05, 4.69) is 10.6 Å². The fraction of sp³-hybridized carbons (Fsp3) is 0.382. The number of carbonyl (C=O) groups excluding carboxylic acids is 4. The number of hydrogen-bond acceptors (Lipinski definition) is 9. The number of methoxy groups -OCH3 is 1. The van der Waals surface area contributed by atoms with Crippen LogP contribution in [-0.2, 0) is 53.0 Å². The average molecular weight is 645 g/mol. The number of allylic oxidation sites excluding steroid dienone is 1. The zero-order valence-corrected chi connectivity index (χ0v) is 26.8. The van der Waals surface area contributed by atoms with Crippen molar-refractivity contribution in [3.8, 4) is 0 Å². The molecule has 2 aliphatic heterocycles. The summed E-state index contributed by atoms with van der Waals surface area (Å²) in [5, 5.41) is 4.87. The van der Waals surface area contributed by atoms with Crippen molar-refractivity contribution in [1.29, 1.82) is 0 Å². The van der Waals surface area contributed by atoms with E-state index >= 15 is 0 Å². The third-order valence-corrected chi connectivity index (χ3v) is 8.19. The molecule has 0 spiro atoms. The molecule has 13 nitrogen and oxygen atoms in total. The summed E-state index contributed by atoms with van der Waals surface area (Å²) in [7, 11) is 3.15. The second kappa shape index (κ2) is 15.1. The molecule has 0 fully saturated rings. The molecule has 0 radical (unpaired) electrons. The van der Waals surface area contributed by atoms with Gasteiger partial charge in [0, 0.05) is 49.7 Å². The van der Waals surface area contributed by atoms with Crippen LogP contribution < -0.4 is 26.2 Å². The minimum Gasteiger partial charge on any atom is -0.493 e. The van der Waals surface area contributed by atoms with Crippen LogP contribution in [0.1, 0.15) is 30.0 Å². The fourth-order valence-corrected chi connectivity index (χ4v) is 5.72. The molecular weight excluding hydrogens is 604 g/mol. The molecular formula is C34H40N6O7. The highest BCUT2D eigenvalue weighted by molar-refractivity contribution is 6.12. The molecule has 0 saturated carbocycles. The van der Waals surface area contributed by atoms with E-state index in [4.69, 9.17) is 24.9 Å². The van der Waals surface area contributed by atoms with Gasteiger partial charge < -0.3 is 35.5 Å². The third kappa shape index (κ3) is 7.69. The Kier molecular flexibility index (Phi) is 10.7. The van der Waals surface area contributed by atoms with E-state index in [1.807, 2.05) is 60.5 Å². The maximum absolute atomic E-state index is 13.8. The zero-order chi connectivity index (χ0) is 33.5. The first kappa shape index (κ1) is 33.4. The average Bonchev–Trinajstić information content (AvgIpc) is 3.41. The number of rotatable bonds is 13. The first-order valence-electron chi connectivity index (χ1n) is 15.5. The Bertz CT molecular complexity index is 1630. The highest BCUT2D eigenvalue weighted by atomic mass is 16.5. The van der Waals surface area contributed by atoms with Crippen LogP contribution in [0.15, 0.2) is 70.6 Å². The largest absolute Gasteiger partial charge is 0.493 e. The van der Waals surface area contributed by atoms with Gasteiger partial charge in [0.25, 0.3) is 5.91 Å². The Balaban J connectivity index is 1.30. The highest BCUT2D eigenvalue weighted by Crippen LogP contribution is 2.38. The maximum Gasteiger partial charge on any atom is 0.257 e. The van der Waals surface area contributed by atoms with Gasteiger partial charge in [-0.1, -0.05) is 18.2 Å². The van der Waals surface area contributed by atoms with Crippen molar-refractivity contribution in [2.45, 2.75) is 45.1 Å². The zero-order valence-electron chi connectivity index (χ0n) is 26.8. The molecule has 0 bridgehead atoms. The van der Waals surface area contributed by atoms with E-state index < -0.39 is 17.9 Å². The summed E-state index contributed by atoms with van der Waals surface area (Å²) in [4.78, 5) is 58.1. The molecule has 0 saturated heterocycles. The quantitative estimate of drug-likeness (QED) is 0.295. The van der Waals surface area contributed by atoms with Gasteiger partial charge in [0.05, 0.1) is 45.4 Å². The summed E-state index contributed by atoms with van der Waals surface area (Å²) in [5.41, 5.74) is 10.0. The van der Waals surface area contributed by atoms with Gasteiger partial charge in [-0.25, -0.2) is 0 Å². The van der Waals surface area contributed by atoms with E-state index in [-0.39, 0.29) is 44.1 Å². The van der Waals surface area contributed by atoms with Gasteiger partial charge >= 0.3 is 0 Å². The van der Waals surface area contributed by atoms with Gasteiger partial charge in [0.1, 0.15) is 12.4 Å². The predicted molar refractivity (Wildman–Crippen MR) is 175 cm³/mol. The predicted octanol–water partition coefficient (Wildman–Crippen LogP) is 1.49. The van der Waals surface area contributed by atoms with Gasteiger partial charge in [-0.3, -0.25) is 29.1 Å². The number of nitrogens with two attached hydrogens (primary N) is 1. The minimum atomic E-state index is -0.510. The number of anilines is 2. The molecule has 248 valence electrons. The van der Waals surface area contributed by atoms with E-state index in [0.29, 0.717) is 42.4 Å². The van der Waals surface area contributed by atoms with Crippen LogP contribution in [0, 0.1) is 0 Å². The standard InChI is InChI=1S/C34H40N6O7/c1-4-46-19-21-9-22(11-24(10-21)39(2)33(43)18-38-32(42)17-37-31(41)15-35)20-47-30-14-27-26(13-29(30)45-3)34(44)40-25(16-36-27)12-23-7-5-6-8-28(23)40/h5-11,13,16,25,27H,4,12,14-15,17-20,35H2,1-3H3,(H,37,41)(H,38,42)/t25-,27?/m0/s1. The number of nitrogens with zero attached hydrogens (tertiary/aromatic N) is 3. The topological polar surface area (TPSA) is 165 Å². The van der Waals surface area contributed by atoms with Gasteiger partial charge in [-0.2, -0.15) is 0 Å². The maximum atomic E-state index is 13.8. The van der Waals surface area contributed by atoms with Crippen LogP contribution in [0.2, 0.25) is 0 Å². The molecule has 4 amide bonds. The van der Waals surface area contributed by atoms with Crippen molar-refractivity contribution >= 4 is 41.2 Å². The minimum absolute atomic E-state index is 0.0893. The van der Waals surface area contributed by atoms with Crippen LogP contribution in [0.4, 0.5) is 11.4 Å². The Morgan fingerprint density at radius 1 is 1.04 bits per heavy atom. The van der Waals surface area contributed by atoms with Crippen LogP contribution >= 0.6 is 0 Å². The lowest BCUT2D eigenvalue weighted by Crippen LogP contribution is -2.43. The number of benzene rings is 2. The SMILES string of the molecule is CCOCc1cc(COC2=C(OC)C=C3C(=O)N4c5ccccc5C[C@H]4C=NC3C2)cc(N(C)C(=O)CNC(=O)CNC(=O)CN)c1. The molecule has 2 aromatic carbocycles. The second-order valence-corrected chi connectivity index (χ2v) is 11.3. The summed E-state index contributed by atoms with van der Waals surface area (Å²) in [6.45, 7) is 2.12. The van der Waals surface area contributed by atoms with Crippen molar-refractivity contribution in [2.24, 2.45) is 10.7 Å². The Labute approximate surface area is 273 Å². The van der Waals surface area contributed by atoms with Crippen LogP contribution in [-0.4, -0.2) is 82.3 Å². The monoisotopic (exact) mass is 644 g/mol. The first-order valence-corrected chi connectivity index (χ1v) is 15.5. The highest BCUT2D eigenvalue weighted by Gasteiger charge is 2.40. The molecule has 1 unspecified atom stereocenters. The molecule has 2 atom stereocenters. The number of hydrogen-bond donors (Lipinski definition) is 3. The van der Waals surface area contributed by atoms with Crippen LogP contribution in [0.5, 0.6) is 0 Å². The van der Waals surface area contributed by atoms with Crippen molar-refractivity contribution in [2.75, 3.05) is 50.2 Å². The molecule has 2 aromatic rings. The number of fused-ring (bicyclic) bond motifs is 4. The van der Waals surface area contributed by atoms with E-state index in [1.54, 1.807) is 20.2 Å². The number of likely N-dealkylation sites (N-methyl/N-ethyl adjacent to an activating group) is 1. The number of amides is 4. The Morgan fingerprint density at radius 2 is 1.79 bits per heavy atom. The van der Waals surface area contributed by atoms with E-state index in [0.717, 1.165) is 28.8 Å². The fourth-order valence-electron chi connectivity index (χ4n) is 5.72. The normalized spacial score (nSPS) is 18.0. The molecule has 1 aliphatic carbocycles. The number of carbonyl (C=O) groups is 4. The van der Waals surface area contributed by atoms with Crippen molar-refractivity contribution in [1.82, 2.24) is 10.6 Å². The van der Waals surface area contributed by atoms with Crippen LogP contribution in [0.3, 0.4) is 0 Å². The summed E-state index contributed by atoms with van der Waals surface area (Å²) >= 11 is 0. The van der Waals surface area contributed by atoms with E-state index in [9.17, 15) is 19.2 Å². The van der Waals surface area contributed by atoms with Gasteiger partial charge in [-0.05, 0) is 54.0 Å². The van der Waals surface area contributed by atoms with Gasteiger partial charge in [0.2, 0.25) is 17.7 Å². The number of nitrogens with one attached hydrogen (secondary N) is 2. The molecule has 2 heterocycles. The first-order chi connectivity index (χ1) is 22.7. The molecule has 3 aliphatic rings. The molecule has 0 aromatic heterocycles. The van der Waals surface area contributed by atoms with Crippen molar-refractivity contribution < 1.29 is 33.4 Å². The molecule has 4 N–H and O–H groups in total. The lowest BCUT2D eigenvalue weighted by atomic mass is 9.96. The lowest BCUT2D eigenvalue weighted by molar-refractivity contribution is -0.126. The molecule has 13 heteroatoms. The molecule has 47 heavy (non-hydrogen) atoms. The number of aliphatic imine (C=N–C) groups is 1. The Morgan fingerprint density at radius 3 is 2.53 bits per heavy atom. The summed E-state index contributed by atoms with van der Waals surface area (Å²) in [6.07, 6.45) is 4.67. The second-order valence-electron chi connectivity index (χ2n) is 11.3. The number of para-hydroxylation sites is 1. The number of ether oxygens (including phenoxy) is 3. The van der Waals surface area contributed by atoms with Gasteiger partial charge in [-0.15, -0.1) is 0 Å².